The zero-order valence-corrected chi connectivity index (χ0v) is 15.3. The minimum absolute atomic E-state index is 0.142. The first-order valence-electron chi connectivity index (χ1n) is 7.86. The van der Waals surface area contributed by atoms with E-state index in [4.69, 9.17) is 4.42 Å². The number of furan rings is 1. The molecule has 0 spiro atoms. The van der Waals surface area contributed by atoms with Crippen LogP contribution in [0.15, 0.2) is 46.9 Å². The summed E-state index contributed by atoms with van der Waals surface area (Å²) in [4.78, 5) is 12.0. The van der Waals surface area contributed by atoms with Crippen molar-refractivity contribution in [3.05, 3.63) is 59.6 Å². The second kappa shape index (κ2) is 8.13. The number of nitrogens with zero attached hydrogens (tertiary/aromatic N) is 1. The fourth-order valence-corrected chi connectivity index (χ4v) is 2.55. The largest absolute Gasteiger partial charge is 0.460 e. The lowest BCUT2D eigenvalue weighted by Gasteiger charge is -2.11. The van der Waals surface area contributed by atoms with E-state index in [0.717, 1.165) is 23.9 Å². The Morgan fingerprint density at radius 2 is 1.96 bits per heavy atom. The lowest BCUT2D eigenvalue weighted by atomic mass is 10.1. The first kappa shape index (κ1) is 19.0. The van der Waals surface area contributed by atoms with Crippen LogP contribution < -0.4 is 5.32 Å². The van der Waals surface area contributed by atoms with Gasteiger partial charge in [0, 0.05) is 18.8 Å². The number of aryl methyl sites for hydroxylation is 1. The molecule has 0 saturated carbocycles. The molecule has 0 atom stereocenters. The minimum atomic E-state index is -3.27. The second-order valence-corrected chi connectivity index (χ2v) is 7.75. The molecule has 6 nitrogen and oxygen atoms in total. The summed E-state index contributed by atoms with van der Waals surface area (Å²) < 4.78 is 29.5. The van der Waals surface area contributed by atoms with Crippen molar-refractivity contribution in [2.45, 2.75) is 19.9 Å². The van der Waals surface area contributed by atoms with E-state index in [9.17, 15) is 13.2 Å². The van der Waals surface area contributed by atoms with Gasteiger partial charge in [-0.2, -0.15) is 4.31 Å². The summed E-state index contributed by atoms with van der Waals surface area (Å²) in [5.74, 6) is 0.729. The number of para-hydroxylation sites is 1. The Balaban J connectivity index is 1.99. The smallest absolute Gasteiger partial charge is 0.248 e. The number of sulfonamides is 1. The fraction of sp³-hybridized carbons (Fsp3) is 0.278. The molecule has 1 aromatic heterocycles. The molecule has 1 heterocycles. The van der Waals surface area contributed by atoms with Gasteiger partial charge in [-0.25, -0.2) is 8.42 Å². The molecule has 0 aliphatic rings. The van der Waals surface area contributed by atoms with E-state index in [0.29, 0.717) is 11.5 Å². The van der Waals surface area contributed by atoms with Crippen molar-refractivity contribution in [1.82, 2.24) is 4.31 Å². The van der Waals surface area contributed by atoms with E-state index in [1.54, 1.807) is 18.2 Å². The zero-order valence-electron chi connectivity index (χ0n) is 14.5. The standard InChI is InChI=1S/C18H22N2O4S/c1-4-14-7-5-6-8-17(14)19-18(21)12-11-15-9-10-16(24-15)13-20(2)25(3,22)23/h5-12H,4,13H2,1-3H3,(H,19,21)/b12-11+. The van der Waals surface area contributed by atoms with Gasteiger partial charge in [0.1, 0.15) is 11.5 Å². The molecular weight excluding hydrogens is 340 g/mol. The summed E-state index contributed by atoms with van der Waals surface area (Å²) in [5, 5.41) is 2.84. The Hall–Kier alpha value is -2.38. The van der Waals surface area contributed by atoms with Gasteiger partial charge >= 0.3 is 0 Å². The molecule has 7 heteroatoms. The molecule has 0 aliphatic heterocycles. The van der Waals surface area contributed by atoms with Crippen molar-refractivity contribution in [2.24, 2.45) is 0 Å². The molecule has 1 N–H and O–H groups in total. The molecule has 0 bridgehead atoms. The molecule has 2 aromatic rings. The highest BCUT2D eigenvalue weighted by Gasteiger charge is 2.13. The van der Waals surface area contributed by atoms with E-state index >= 15 is 0 Å². The summed E-state index contributed by atoms with van der Waals surface area (Å²) in [6.07, 6.45) is 4.90. The van der Waals surface area contributed by atoms with Gasteiger partial charge in [-0.15, -0.1) is 0 Å². The number of amides is 1. The first-order valence-corrected chi connectivity index (χ1v) is 9.71. The SMILES string of the molecule is CCc1ccccc1NC(=O)/C=C/c1ccc(CN(C)S(C)(=O)=O)o1. The number of hydrogen-bond acceptors (Lipinski definition) is 4. The maximum atomic E-state index is 12.0. The van der Waals surface area contributed by atoms with Crippen LogP contribution in [-0.2, 0) is 27.8 Å². The molecule has 2 rings (SSSR count). The third-order valence-corrected chi connectivity index (χ3v) is 4.94. The first-order chi connectivity index (χ1) is 11.8. The van der Waals surface area contributed by atoms with Gasteiger partial charge in [-0.05, 0) is 36.3 Å². The third kappa shape index (κ3) is 5.58. The third-order valence-electron chi connectivity index (χ3n) is 3.68. The van der Waals surface area contributed by atoms with Crippen molar-refractivity contribution < 1.29 is 17.6 Å². The molecule has 0 unspecified atom stereocenters. The van der Waals surface area contributed by atoms with Crippen LogP contribution in [0.2, 0.25) is 0 Å². The highest BCUT2D eigenvalue weighted by molar-refractivity contribution is 7.88. The van der Waals surface area contributed by atoms with Gasteiger partial charge in [0.05, 0.1) is 12.8 Å². The van der Waals surface area contributed by atoms with E-state index in [1.165, 1.54) is 17.4 Å². The lowest BCUT2D eigenvalue weighted by Crippen LogP contribution is -2.24. The van der Waals surface area contributed by atoms with E-state index in [-0.39, 0.29) is 12.5 Å². The van der Waals surface area contributed by atoms with E-state index in [1.807, 2.05) is 31.2 Å². The van der Waals surface area contributed by atoms with Gasteiger partial charge < -0.3 is 9.73 Å². The van der Waals surface area contributed by atoms with Crippen molar-refractivity contribution in [2.75, 3.05) is 18.6 Å². The summed E-state index contributed by atoms with van der Waals surface area (Å²) >= 11 is 0. The molecule has 1 aromatic carbocycles. The van der Waals surface area contributed by atoms with Crippen molar-refractivity contribution in [3.8, 4) is 0 Å². The highest BCUT2D eigenvalue weighted by Crippen LogP contribution is 2.16. The number of benzene rings is 1. The normalized spacial score (nSPS) is 12.0. The van der Waals surface area contributed by atoms with Gasteiger partial charge in [-0.3, -0.25) is 4.79 Å². The zero-order chi connectivity index (χ0) is 18.4. The molecule has 0 saturated heterocycles. The van der Waals surface area contributed by atoms with Crippen LogP contribution in [0.3, 0.4) is 0 Å². The topological polar surface area (TPSA) is 79.6 Å². The number of rotatable bonds is 7. The average Bonchev–Trinajstić information content (AvgIpc) is 3.00. The molecular formula is C18H22N2O4S. The molecule has 1 amide bonds. The summed E-state index contributed by atoms with van der Waals surface area (Å²) in [6.45, 7) is 2.17. The predicted molar refractivity (Wildman–Crippen MR) is 98.5 cm³/mol. The molecule has 0 aliphatic carbocycles. The Morgan fingerprint density at radius 1 is 1.24 bits per heavy atom. The maximum absolute atomic E-state index is 12.0. The van der Waals surface area contributed by atoms with Crippen LogP contribution in [0.1, 0.15) is 24.0 Å². The van der Waals surface area contributed by atoms with Crippen molar-refractivity contribution in [1.29, 1.82) is 0 Å². The number of hydrogen-bond donors (Lipinski definition) is 1. The number of anilines is 1. The van der Waals surface area contributed by atoms with Crippen molar-refractivity contribution in [3.63, 3.8) is 0 Å². The fourth-order valence-electron chi connectivity index (χ4n) is 2.19. The summed E-state index contributed by atoms with van der Waals surface area (Å²) in [5.41, 5.74) is 1.85. The number of nitrogens with one attached hydrogen (secondary N) is 1. The minimum Gasteiger partial charge on any atom is -0.460 e. The highest BCUT2D eigenvalue weighted by atomic mass is 32.2. The quantitative estimate of drug-likeness (QED) is 0.768. The van der Waals surface area contributed by atoms with Gasteiger partial charge in [0.25, 0.3) is 0 Å². The second-order valence-electron chi connectivity index (χ2n) is 5.66. The summed E-state index contributed by atoms with van der Waals surface area (Å²) in [6, 6.07) is 11.0. The van der Waals surface area contributed by atoms with Crippen molar-refractivity contribution >= 4 is 27.7 Å². The average molecular weight is 362 g/mol. The van der Waals surface area contributed by atoms with Gasteiger partial charge in [0.2, 0.25) is 15.9 Å². The maximum Gasteiger partial charge on any atom is 0.248 e. The van der Waals surface area contributed by atoms with Crippen LogP contribution in [0.5, 0.6) is 0 Å². The predicted octanol–water partition coefficient (Wildman–Crippen LogP) is 2.89. The Labute approximate surface area is 148 Å². The van der Waals surface area contributed by atoms with Gasteiger partial charge in [0.15, 0.2) is 0 Å². The molecule has 134 valence electrons. The molecule has 0 radical (unpaired) electrons. The van der Waals surface area contributed by atoms with Crippen LogP contribution in [0.4, 0.5) is 5.69 Å². The number of carbonyl (C=O) groups excluding carboxylic acids is 1. The van der Waals surface area contributed by atoms with E-state index < -0.39 is 10.0 Å². The lowest BCUT2D eigenvalue weighted by molar-refractivity contribution is -0.111. The van der Waals surface area contributed by atoms with Crippen LogP contribution in [0.25, 0.3) is 6.08 Å². The van der Waals surface area contributed by atoms with Gasteiger partial charge in [-0.1, -0.05) is 25.1 Å². The number of carbonyl (C=O) groups is 1. The van der Waals surface area contributed by atoms with E-state index in [2.05, 4.69) is 5.32 Å². The Morgan fingerprint density at radius 3 is 2.64 bits per heavy atom. The molecule has 25 heavy (non-hydrogen) atoms. The van der Waals surface area contributed by atoms with Crippen LogP contribution in [-0.4, -0.2) is 31.9 Å². The summed E-state index contributed by atoms with van der Waals surface area (Å²) in [7, 11) is -1.79. The molecule has 0 fully saturated rings. The van der Waals surface area contributed by atoms with Crippen LogP contribution in [0, 0.1) is 0 Å². The Bertz CT molecular complexity index is 869. The Kier molecular flexibility index (Phi) is 6.17. The van der Waals surface area contributed by atoms with Crippen LogP contribution >= 0.6 is 0 Å². The monoisotopic (exact) mass is 362 g/mol.